The van der Waals surface area contributed by atoms with Gasteiger partial charge in [0, 0.05) is 18.4 Å². The summed E-state index contributed by atoms with van der Waals surface area (Å²) in [5.74, 6) is -4.66. The number of amides is 2. The van der Waals surface area contributed by atoms with Crippen LogP contribution in [0.1, 0.15) is 22.3 Å². The lowest BCUT2D eigenvalue weighted by molar-refractivity contribution is -0.174. The van der Waals surface area contributed by atoms with Crippen molar-refractivity contribution >= 4 is 29.3 Å². The van der Waals surface area contributed by atoms with E-state index >= 15 is 0 Å². The molecule has 3 rings (SSSR count). The minimum absolute atomic E-state index is 0.0643. The van der Waals surface area contributed by atoms with E-state index in [9.17, 15) is 32.3 Å². The molecular formula is C16H13F3N2O5. The number of rotatable bonds is 2. The third-order valence-corrected chi connectivity index (χ3v) is 4.35. The summed E-state index contributed by atoms with van der Waals surface area (Å²) in [6.45, 7) is 0. The maximum Gasteiger partial charge on any atom is 0.471 e. The maximum absolute atomic E-state index is 12.8. The summed E-state index contributed by atoms with van der Waals surface area (Å²) in [4.78, 5) is 49.5. The van der Waals surface area contributed by atoms with Gasteiger partial charge in [0.05, 0.1) is 12.8 Å². The lowest BCUT2D eigenvalue weighted by Gasteiger charge is -2.26. The number of hydrogen-bond acceptors (Lipinski definition) is 5. The third-order valence-electron chi connectivity index (χ3n) is 4.35. The molecule has 7 nitrogen and oxygen atoms in total. The second kappa shape index (κ2) is 6.11. The number of benzene rings is 1. The Hall–Kier alpha value is -2.91. The standard InChI is InChI=1S/C16H13F3N2O5/c1-26-14(24)10-5-7-3-2-4-8-11(22)6-9(13(23)21(10)12(7)8)20-15(25)16(17,18)19/h2-4,9-10H,5-6H2,1H3,(H,20,25)/t9-,10-/m0/s1. The van der Waals surface area contributed by atoms with Crippen LogP contribution in [0.3, 0.4) is 0 Å². The third kappa shape index (κ3) is 2.80. The molecule has 2 aliphatic heterocycles. The van der Waals surface area contributed by atoms with E-state index in [1.165, 1.54) is 6.07 Å². The number of ketones is 1. The first kappa shape index (κ1) is 17.9. The average molecular weight is 370 g/mol. The van der Waals surface area contributed by atoms with Crippen molar-refractivity contribution in [2.75, 3.05) is 12.0 Å². The Morgan fingerprint density at radius 2 is 1.92 bits per heavy atom. The van der Waals surface area contributed by atoms with E-state index in [1.54, 1.807) is 17.4 Å². The van der Waals surface area contributed by atoms with E-state index in [-0.39, 0.29) is 17.7 Å². The number of nitrogens with one attached hydrogen (secondary N) is 1. The summed E-state index contributed by atoms with van der Waals surface area (Å²) in [5.41, 5.74) is 0.829. The second-order valence-corrected chi connectivity index (χ2v) is 5.92. The van der Waals surface area contributed by atoms with Crippen molar-refractivity contribution in [3.05, 3.63) is 29.3 Å². The van der Waals surface area contributed by atoms with Crippen molar-refractivity contribution < 1.29 is 37.1 Å². The van der Waals surface area contributed by atoms with Crippen molar-refractivity contribution in [2.24, 2.45) is 0 Å². The van der Waals surface area contributed by atoms with Crippen LogP contribution in [0.15, 0.2) is 18.2 Å². The van der Waals surface area contributed by atoms with Gasteiger partial charge in [-0.15, -0.1) is 0 Å². The molecule has 0 saturated heterocycles. The number of carbonyl (C=O) groups is 4. The fourth-order valence-corrected chi connectivity index (χ4v) is 3.21. The number of para-hydroxylation sites is 1. The van der Waals surface area contributed by atoms with Crippen LogP contribution in [0.2, 0.25) is 0 Å². The molecule has 26 heavy (non-hydrogen) atoms. The van der Waals surface area contributed by atoms with Gasteiger partial charge in [-0.05, 0) is 11.6 Å². The van der Waals surface area contributed by atoms with Gasteiger partial charge < -0.3 is 10.1 Å². The minimum atomic E-state index is -5.21. The fraction of sp³-hybridized carbons (Fsp3) is 0.375. The number of hydrogen-bond donors (Lipinski definition) is 1. The first-order valence-corrected chi connectivity index (χ1v) is 7.58. The number of esters is 1. The minimum Gasteiger partial charge on any atom is -0.467 e. The van der Waals surface area contributed by atoms with Gasteiger partial charge in [-0.2, -0.15) is 13.2 Å². The van der Waals surface area contributed by atoms with Crippen molar-refractivity contribution in [3.63, 3.8) is 0 Å². The zero-order valence-corrected chi connectivity index (χ0v) is 13.4. The number of anilines is 1. The first-order valence-electron chi connectivity index (χ1n) is 7.58. The Labute approximate surface area is 145 Å². The lowest BCUT2D eigenvalue weighted by atomic mass is 10.0. The molecule has 0 spiro atoms. The molecule has 0 aliphatic carbocycles. The summed E-state index contributed by atoms with van der Waals surface area (Å²) >= 11 is 0. The van der Waals surface area contributed by atoms with Crippen LogP contribution < -0.4 is 10.2 Å². The summed E-state index contributed by atoms with van der Waals surface area (Å²) in [6.07, 6.45) is -5.78. The number of ether oxygens (including phenoxy) is 1. The van der Waals surface area contributed by atoms with Gasteiger partial charge >= 0.3 is 18.1 Å². The monoisotopic (exact) mass is 370 g/mol. The molecule has 0 fully saturated rings. The van der Waals surface area contributed by atoms with Crippen LogP contribution in [0, 0.1) is 0 Å². The summed E-state index contributed by atoms with van der Waals surface area (Å²) in [5, 5.41) is 1.55. The van der Waals surface area contributed by atoms with Crippen LogP contribution in [0.25, 0.3) is 0 Å². The molecule has 10 heteroatoms. The van der Waals surface area contributed by atoms with Gasteiger partial charge in [0.2, 0.25) is 0 Å². The molecule has 0 unspecified atom stereocenters. The number of carbonyl (C=O) groups excluding carboxylic acids is 4. The molecule has 2 atom stereocenters. The van der Waals surface area contributed by atoms with Crippen LogP contribution >= 0.6 is 0 Å². The molecule has 0 bridgehead atoms. The zero-order valence-electron chi connectivity index (χ0n) is 13.4. The molecular weight excluding hydrogens is 357 g/mol. The predicted molar refractivity (Wildman–Crippen MR) is 80.4 cm³/mol. The number of Topliss-reactive ketones (excluding diaryl/α,β-unsaturated/α-hetero) is 1. The SMILES string of the molecule is COC(=O)[C@@H]1Cc2cccc3c2N1C(=O)[C@@H](NC(=O)C(F)(F)F)CC3=O. The topological polar surface area (TPSA) is 92.8 Å². The van der Waals surface area contributed by atoms with E-state index in [1.807, 2.05) is 0 Å². The van der Waals surface area contributed by atoms with Crippen molar-refractivity contribution in [1.82, 2.24) is 5.32 Å². The van der Waals surface area contributed by atoms with Gasteiger partial charge in [0.1, 0.15) is 12.1 Å². The van der Waals surface area contributed by atoms with Crippen LogP contribution in [0.5, 0.6) is 0 Å². The molecule has 2 heterocycles. The maximum atomic E-state index is 12.8. The highest BCUT2D eigenvalue weighted by atomic mass is 19.4. The largest absolute Gasteiger partial charge is 0.471 e. The lowest BCUT2D eigenvalue weighted by Crippen LogP contribution is -2.54. The van der Waals surface area contributed by atoms with E-state index < -0.39 is 48.2 Å². The quantitative estimate of drug-likeness (QED) is 0.776. The van der Waals surface area contributed by atoms with Crippen LogP contribution in [0.4, 0.5) is 18.9 Å². The highest BCUT2D eigenvalue weighted by molar-refractivity contribution is 6.16. The Balaban J connectivity index is 2.04. The van der Waals surface area contributed by atoms with Crippen LogP contribution in [-0.4, -0.2) is 48.9 Å². The van der Waals surface area contributed by atoms with Gasteiger partial charge in [-0.3, -0.25) is 19.3 Å². The van der Waals surface area contributed by atoms with Crippen LogP contribution in [-0.2, 0) is 25.5 Å². The molecule has 1 aromatic carbocycles. The smallest absolute Gasteiger partial charge is 0.467 e. The number of halogens is 3. The first-order chi connectivity index (χ1) is 12.1. The average Bonchev–Trinajstić information content (AvgIpc) is 2.93. The number of nitrogens with zero attached hydrogens (tertiary/aromatic N) is 1. The zero-order chi connectivity index (χ0) is 19.2. The van der Waals surface area contributed by atoms with Crippen molar-refractivity contribution in [1.29, 1.82) is 0 Å². The molecule has 2 amide bonds. The predicted octanol–water partition coefficient (Wildman–Crippen LogP) is 0.751. The molecule has 0 aromatic heterocycles. The number of alkyl halides is 3. The second-order valence-electron chi connectivity index (χ2n) is 5.92. The molecule has 0 radical (unpaired) electrons. The molecule has 0 saturated carbocycles. The van der Waals surface area contributed by atoms with E-state index in [2.05, 4.69) is 4.74 Å². The summed E-state index contributed by atoms with van der Waals surface area (Å²) in [6, 6.07) is 1.75. The molecule has 138 valence electrons. The number of methoxy groups -OCH3 is 1. The van der Waals surface area contributed by atoms with E-state index in [0.29, 0.717) is 5.56 Å². The van der Waals surface area contributed by atoms with E-state index in [0.717, 1.165) is 12.0 Å². The normalized spacial score (nSPS) is 21.9. The summed E-state index contributed by atoms with van der Waals surface area (Å²) < 4.78 is 42.3. The Bertz CT molecular complexity index is 821. The van der Waals surface area contributed by atoms with Gasteiger partial charge in [0.15, 0.2) is 5.78 Å². The Morgan fingerprint density at radius 3 is 2.54 bits per heavy atom. The summed E-state index contributed by atoms with van der Waals surface area (Å²) in [7, 11) is 1.11. The van der Waals surface area contributed by atoms with Gasteiger partial charge in [-0.25, -0.2) is 4.79 Å². The molecule has 1 N–H and O–H groups in total. The Kier molecular flexibility index (Phi) is 4.21. The molecule has 1 aromatic rings. The van der Waals surface area contributed by atoms with Crippen molar-refractivity contribution in [2.45, 2.75) is 31.1 Å². The van der Waals surface area contributed by atoms with Gasteiger partial charge in [-0.1, -0.05) is 12.1 Å². The van der Waals surface area contributed by atoms with E-state index in [4.69, 9.17) is 0 Å². The van der Waals surface area contributed by atoms with Crippen molar-refractivity contribution in [3.8, 4) is 0 Å². The van der Waals surface area contributed by atoms with Gasteiger partial charge in [0.25, 0.3) is 5.91 Å². The highest BCUT2D eigenvalue weighted by Crippen LogP contribution is 2.39. The highest BCUT2D eigenvalue weighted by Gasteiger charge is 2.48. The Morgan fingerprint density at radius 1 is 1.23 bits per heavy atom. The fourth-order valence-electron chi connectivity index (χ4n) is 3.21. The molecule has 2 aliphatic rings.